The summed E-state index contributed by atoms with van der Waals surface area (Å²) in [5.41, 5.74) is 3.43. The Hall–Kier alpha value is -2.54. The number of para-hydroxylation sites is 1. The van der Waals surface area contributed by atoms with Crippen LogP contribution in [0.4, 0.5) is 11.4 Å². The van der Waals surface area contributed by atoms with Crippen molar-refractivity contribution in [2.24, 2.45) is 0 Å². The molecule has 0 spiro atoms. The zero-order valence-electron chi connectivity index (χ0n) is 15.4. The minimum atomic E-state index is -3.53. The maximum absolute atomic E-state index is 13.2. The predicted molar refractivity (Wildman–Crippen MR) is 105 cm³/mol. The summed E-state index contributed by atoms with van der Waals surface area (Å²) in [4.78, 5) is 15.0. The van der Waals surface area contributed by atoms with Crippen molar-refractivity contribution in [3.05, 3.63) is 53.6 Å². The van der Waals surface area contributed by atoms with Gasteiger partial charge in [-0.3, -0.25) is 9.10 Å². The van der Waals surface area contributed by atoms with Crippen LogP contribution in [0.15, 0.2) is 42.5 Å². The summed E-state index contributed by atoms with van der Waals surface area (Å²) in [7, 11) is -3.53. The maximum Gasteiger partial charge on any atom is 0.269 e. The number of hydrogen-bond acceptors (Lipinski definition) is 4. The third-order valence-corrected chi connectivity index (χ3v) is 6.18. The van der Waals surface area contributed by atoms with Crippen LogP contribution in [0.5, 0.6) is 5.75 Å². The van der Waals surface area contributed by atoms with Gasteiger partial charge in [-0.2, -0.15) is 0 Å². The van der Waals surface area contributed by atoms with E-state index in [4.69, 9.17) is 4.74 Å². The highest BCUT2D eigenvalue weighted by molar-refractivity contribution is 7.92. The monoisotopic (exact) mass is 386 g/mol. The molecular formula is C20H22N2O4S. The Balaban J connectivity index is 1.69. The Morgan fingerprint density at radius 3 is 2.70 bits per heavy atom. The Bertz CT molecular complexity index is 1000. The number of amides is 1. The number of hydrogen-bond donors (Lipinski definition) is 0. The van der Waals surface area contributed by atoms with E-state index in [0.29, 0.717) is 18.0 Å². The molecule has 0 saturated carbocycles. The minimum absolute atomic E-state index is 0.0210. The third kappa shape index (κ3) is 3.27. The van der Waals surface area contributed by atoms with E-state index in [2.05, 4.69) is 0 Å². The molecule has 0 radical (unpaired) electrons. The van der Waals surface area contributed by atoms with E-state index >= 15 is 0 Å². The summed E-state index contributed by atoms with van der Waals surface area (Å²) >= 11 is 0. The molecule has 1 atom stereocenters. The molecule has 0 aromatic heterocycles. The van der Waals surface area contributed by atoms with Crippen LogP contribution >= 0.6 is 0 Å². The second kappa shape index (κ2) is 6.56. The molecular weight excluding hydrogens is 364 g/mol. The third-order valence-electron chi connectivity index (χ3n) is 5.04. The van der Waals surface area contributed by atoms with E-state index in [-0.39, 0.29) is 12.5 Å². The summed E-state index contributed by atoms with van der Waals surface area (Å²) in [6, 6.07) is 13.2. The lowest BCUT2D eigenvalue weighted by atomic mass is 10.0. The standard InChI is InChI=1S/C20H22N2O4S/c1-14-9-10-18-17(12-14)22(27(2,24)25)13-19(26-18)20(23)21-11-5-7-15-6-3-4-8-16(15)21/h3-4,6,8-10,12,19H,5,7,11,13H2,1-2H3/t19-/m0/s1. The van der Waals surface area contributed by atoms with Crippen molar-refractivity contribution in [3.8, 4) is 5.75 Å². The average molecular weight is 386 g/mol. The number of ether oxygens (including phenoxy) is 1. The zero-order valence-corrected chi connectivity index (χ0v) is 16.2. The number of carbonyl (C=O) groups excluding carboxylic acids is 1. The number of nitrogens with zero attached hydrogens (tertiary/aromatic N) is 2. The van der Waals surface area contributed by atoms with Crippen molar-refractivity contribution >= 4 is 27.3 Å². The quantitative estimate of drug-likeness (QED) is 0.795. The molecule has 2 aliphatic heterocycles. The lowest BCUT2D eigenvalue weighted by Crippen LogP contribution is -2.52. The van der Waals surface area contributed by atoms with Gasteiger partial charge in [-0.05, 0) is 49.1 Å². The second-order valence-electron chi connectivity index (χ2n) is 7.09. The van der Waals surface area contributed by atoms with Crippen LogP contribution in [0.3, 0.4) is 0 Å². The molecule has 27 heavy (non-hydrogen) atoms. The number of aryl methyl sites for hydroxylation is 2. The van der Waals surface area contributed by atoms with Crippen LogP contribution < -0.4 is 13.9 Å². The first-order chi connectivity index (χ1) is 12.8. The Morgan fingerprint density at radius 2 is 1.93 bits per heavy atom. The van der Waals surface area contributed by atoms with Crippen molar-refractivity contribution in [2.45, 2.75) is 25.9 Å². The van der Waals surface area contributed by atoms with E-state index in [1.165, 1.54) is 4.31 Å². The minimum Gasteiger partial charge on any atom is -0.476 e. The van der Waals surface area contributed by atoms with Crippen molar-refractivity contribution in [1.82, 2.24) is 0 Å². The van der Waals surface area contributed by atoms with Crippen molar-refractivity contribution in [2.75, 3.05) is 28.6 Å². The van der Waals surface area contributed by atoms with Gasteiger partial charge in [0, 0.05) is 12.2 Å². The van der Waals surface area contributed by atoms with Gasteiger partial charge in [-0.25, -0.2) is 8.42 Å². The van der Waals surface area contributed by atoms with Crippen LogP contribution in [0.25, 0.3) is 0 Å². The molecule has 1 amide bonds. The number of rotatable bonds is 2. The van der Waals surface area contributed by atoms with Crippen LogP contribution in [0, 0.1) is 6.92 Å². The summed E-state index contributed by atoms with van der Waals surface area (Å²) in [6.07, 6.45) is 2.09. The van der Waals surface area contributed by atoms with Crippen molar-refractivity contribution in [3.63, 3.8) is 0 Å². The summed E-state index contributed by atoms with van der Waals surface area (Å²) in [6.45, 7) is 2.48. The molecule has 6 nitrogen and oxygen atoms in total. The Kier molecular flexibility index (Phi) is 4.34. The van der Waals surface area contributed by atoms with Gasteiger partial charge in [-0.1, -0.05) is 24.3 Å². The fourth-order valence-corrected chi connectivity index (χ4v) is 4.65. The normalized spacial score (nSPS) is 19.1. The molecule has 7 heteroatoms. The first kappa shape index (κ1) is 17.9. The van der Waals surface area contributed by atoms with Crippen molar-refractivity contribution in [1.29, 1.82) is 0 Å². The zero-order chi connectivity index (χ0) is 19.2. The van der Waals surface area contributed by atoms with Gasteiger partial charge < -0.3 is 9.64 Å². The molecule has 0 aliphatic carbocycles. The molecule has 142 valence electrons. The second-order valence-corrected chi connectivity index (χ2v) is 9.00. The molecule has 4 rings (SSSR count). The van der Waals surface area contributed by atoms with Gasteiger partial charge in [0.2, 0.25) is 10.0 Å². The fraction of sp³-hybridized carbons (Fsp3) is 0.350. The highest BCUT2D eigenvalue weighted by Crippen LogP contribution is 2.37. The van der Waals surface area contributed by atoms with E-state index < -0.39 is 16.1 Å². The van der Waals surface area contributed by atoms with Gasteiger partial charge >= 0.3 is 0 Å². The molecule has 2 aromatic rings. The molecule has 0 bridgehead atoms. The number of sulfonamides is 1. The largest absolute Gasteiger partial charge is 0.476 e. The summed E-state index contributed by atoms with van der Waals surface area (Å²) in [5.74, 6) is 0.211. The van der Waals surface area contributed by atoms with Gasteiger partial charge in [-0.15, -0.1) is 0 Å². The van der Waals surface area contributed by atoms with Crippen LogP contribution in [0.1, 0.15) is 17.5 Å². The summed E-state index contributed by atoms with van der Waals surface area (Å²) < 4.78 is 31.9. The lowest BCUT2D eigenvalue weighted by Gasteiger charge is -2.37. The molecule has 2 aromatic carbocycles. The number of benzene rings is 2. The van der Waals surface area contributed by atoms with Gasteiger partial charge in [0.05, 0.1) is 18.5 Å². The van der Waals surface area contributed by atoms with Gasteiger partial charge in [0.1, 0.15) is 5.75 Å². The van der Waals surface area contributed by atoms with Crippen molar-refractivity contribution < 1.29 is 17.9 Å². The number of fused-ring (bicyclic) bond motifs is 2. The SMILES string of the molecule is Cc1ccc2c(c1)N(S(C)(=O)=O)C[C@@H](C(=O)N1CCCc3ccccc31)O2. The predicted octanol–water partition coefficient (Wildman–Crippen LogP) is 2.50. The highest BCUT2D eigenvalue weighted by atomic mass is 32.2. The number of carbonyl (C=O) groups is 1. The molecule has 2 heterocycles. The molecule has 2 aliphatic rings. The highest BCUT2D eigenvalue weighted by Gasteiger charge is 2.38. The van der Waals surface area contributed by atoms with Crippen LogP contribution in [-0.4, -0.2) is 39.8 Å². The molecule has 0 unspecified atom stereocenters. The molecule has 0 fully saturated rings. The first-order valence-corrected chi connectivity index (χ1v) is 10.8. The Morgan fingerprint density at radius 1 is 1.15 bits per heavy atom. The van der Waals surface area contributed by atoms with Gasteiger partial charge in [0.25, 0.3) is 5.91 Å². The van der Waals surface area contributed by atoms with E-state index in [9.17, 15) is 13.2 Å². The summed E-state index contributed by atoms with van der Waals surface area (Å²) in [5, 5.41) is 0. The molecule has 0 saturated heterocycles. The smallest absolute Gasteiger partial charge is 0.269 e. The van der Waals surface area contributed by atoms with E-state index in [1.807, 2.05) is 37.3 Å². The number of anilines is 2. The average Bonchev–Trinajstić information content (AvgIpc) is 2.65. The first-order valence-electron chi connectivity index (χ1n) is 8.99. The molecule has 0 N–H and O–H groups in total. The van der Waals surface area contributed by atoms with E-state index in [1.54, 1.807) is 17.0 Å². The van der Waals surface area contributed by atoms with Crippen LogP contribution in [-0.2, 0) is 21.2 Å². The fourth-order valence-electron chi connectivity index (χ4n) is 3.74. The van der Waals surface area contributed by atoms with Gasteiger partial charge in [0.15, 0.2) is 6.10 Å². The maximum atomic E-state index is 13.2. The lowest BCUT2D eigenvalue weighted by molar-refractivity contribution is -0.125. The van der Waals surface area contributed by atoms with E-state index in [0.717, 1.165) is 35.9 Å². The Labute approximate surface area is 159 Å². The van der Waals surface area contributed by atoms with Crippen LogP contribution in [0.2, 0.25) is 0 Å². The topological polar surface area (TPSA) is 66.9 Å².